The maximum absolute atomic E-state index is 13.8. The van der Waals surface area contributed by atoms with Crippen molar-refractivity contribution in [3.05, 3.63) is 89.1 Å². The van der Waals surface area contributed by atoms with E-state index in [0.717, 1.165) is 16.8 Å². The molecule has 0 saturated heterocycles. The lowest BCUT2D eigenvalue weighted by atomic mass is 10.1. The molecule has 0 bridgehead atoms. The summed E-state index contributed by atoms with van der Waals surface area (Å²) in [6.45, 7) is 4.21. The third kappa shape index (κ3) is 4.80. The SMILES string of the molecule is CCOP(=O)(c1ccccc1)c1cc(C#Cc2ccc(C)cc2)cc(CBr)n1. The zero-order valence-electron chi connectivity index (χ0n) is 15.9. The van der Waals surface area contributed by atoms with E-state index in [4.69, 9.17) is 4.52 Å². The first-order valence-corrected chi connectivity index (χ1v) is 11.8. The third-order valence-corrected chi connectivity index (χ3v) is 7.12. The fourth-order valence-electron chi connectivity index (χ4n) is 2.72. The van der Waals surface area contributed by atoms with Crippen LogP contribution >= 0.6 is 23.3 Å². The first-order chi connectivity index (χ1) is 13.5. The molecule has 0 saturated carbocycles. The van der Waals surface area contributed by atoms with Gasteiger partial charge in [0.15, 0.2) is 0 Å². The van der Waals surface area contributed by atoms with E-state index >= 15 is 0 Å². The number of rotatable bonds is 5. The van der Waals surface area contributed by atoms with E-state index in [1.54, 1.807) is 6.07 Å². The van der Waals surface area contributed by atoms with Crippen molar-refractivity contribution < 1.29 is 9.09 Å². The molecule has 2 aromatic carbocycles. The minimum absolute atomic E-state index is 0.330. The average molecular weight is 454 g/mol. The Balaban J connectivity index is 2.07. The summed E-state index contributed by atoms with van der Waals surface area (Å²) in [7, 11) is -3.29. The Kier molecular flexibility index (Phi) is 6.86. The van der Waals surface area contributed by atoms with E-state index in [1.165, 1.54) is 5.56 Å². The predicted octanol–water partition coefficient (Wildman–Crippen LogP) is 4.95. The predicted molar refractivity (Wildman–Crippen MR) is 119 cm³/mol. The van der Waals surface area contributed by atoms with Crippen molar-refractivity contribution >= 4 is 34.0 Å². The van der Waals surface area contributed by atoms with Crippen LogP contribution < -0.4 is 10.7 Å². The average Bonchev–Trinajstić information content (AvgIpc) is 2.74. The lowest BCUT2D eigenvalue weighted by Gasteiger charge is -2.18. The zero-order chi connectivity index (χ0) is 20.0. The molecule has 1 aromatic heterocycles. The standard InChI is InChI=1S/C23H21BrNO2P/c1-3-27-28(26,22-7-5-4-6-8-22)23-16-20(15-21(17-24)25-23)14-13-19-11-9-18(2)10-12-19/h4-12,15-16H,3,17H2,1-2H3. The summed E-state index contributed by atoms with van der Waals surface area (Å²) in [5.41, 5.74) is 4.07. The van der Waals surface area contributed by atoms with E-state index in [9.17, 15) is 4.57 Å². The molecule has 1 heterocycles. The molecule has 3 nitrogen and oxygen atoms in total. The number of alkyl halides is 1. The molecule has 0 aliphatic carbocycles. The number of nitrogens with zero attached hydrogens (tertiary/aromatic N) is 1. The van der Waals surface area contributed by atoms with Crippen LogP contribution in [-0.2, 0) is 14.4 Å². The second kappa shape index (κ2) is 9.34. The number of hydrogen-bond acceptors (Lipinski definition) is 3. The van der Waals surface area contributed by atoms with Crippen LogP contribution in [0.4, 0.5) is 0 Å². The lowest BCUT2D eigenvalue weighted by Crippen LogP contribution is -2.22. The van der Waals surface area contributed by atoms with E-state index in [1.807, 2.05) is 74.5 Å². The number of benzene rings is 2. The molecule has 0 spiro atoms. The largest absolute Gasteiger partial charge is 0.321 e. The highest BCUT2D eigenvalue weighted by Crippen LogP contribution is 2.44. The molecular formula is C23H21BrNO2P. The van der Waals surface area contributed by atoms with Crippen LogP contribution in [0.2, 0.25) is 0 Å². The number of pyridine rings is 1. The van der Waals surface area contributed by atoms with Gasteiger partial charge in [-0.1, -0.05) is 63.7 Å². The summed E-state index contributed by atoms with van der Waals surface area (Å²) in [6.07, 6.45) is 0. The molecule has 1 unspecified atom stereocenters. The van der Waals surface area contributed by atoms with Gasteiger partial charge in [-0.05, 0) is 50.2 Å². The van der Waals surface area contributed by atoms with Crippen molar-refractivity contribution in [2.45, 2.75) is 19.2 Å². The summed E-state index contributed by atoms with van der Waals surface area (Å²) < 4.78 is 19.6. The van der Waals surface area contributed by atoms with Gasteiger partial charge in [-0.3, -0.25) is 4.57 Å². The van der Waals surface area contributed by atoms with E-state index in [-0.39, 0.29) is 0 Å². The second-order valence-corrected chi connectivity index (χ2v) is 9.16. The van der Waals surface area contributed by atoms with Crippen LogP contribution in [-0.4, -0.2) is 11.6 Å². The Morgan fingerprint density at radius 2 is 1.68 bits per heavy atom. The molecule has 0 fully saturated rings. The molecule has 0 amide bonds. The Hall–Kier alpha value is -2.18. The topological polar surface area (TPSA) is 39.2 Å². The van der Waals surface area contributed by atoms with Gasteiger partial charge in [0, 0.05) is 21.8 Å². The highest BCUT2D eigenvalue weighted by molar-refractivity contribution is 9.08. The van der Waals surface area contributed by atoms with Crippen LogP contribution in [0, 0.1) is 18.8 Å². The molecule has 3 aromatic rings. The monoisotopic (exact) mass is 453 g/mol. The van der Waals surface area contributed by atoms with Crippen molar-refractivity contribution in [3.8, 4) is 11.8 Å². The van der Waals surface area contributed by atoms with Gasteiger partial charge in [-0.2, -0.15) is 0 Å². The van der Waals surface area contributed by atoms with E-state index in [2.05, 4.69) is 32.8 Å². The van der Waals surface area contributed by atoms with Gasteiger partial charge in [0.05, 0.1) is 12.3 Å². The van der Waals surface area contributed by atoms with Gasteiger partial charge < -0.3 is 4.52 Å². The normalized spacial score (nSPS) is 12.7. The van der Waals surface area contributed by atoms with Crippen LogP contribution in [0.1, 0.15) is 29.3 Å². The van der Waals surface area contributed by atoms with Gasteiger partial charge in [-0.15, -0.1) is 0 Å². The quantitative estimate of drug-likeness (QED) is 0.311. The molecule has 3 rings (SSSR count). The van der Waals surface area contributed by atoms with Crippen molar-refractivity contribution in [3.63, 3.8) is 0 Å². The highest BCUT2D eigenvalue weighted by Gasteiger charge is 2.30. The molecule has 5 heteroatoms. The second-order valence-electron chi connectivity index (χ2n) is 6.26. The summed E-state index contributed by atoms with van der Waals surface area (Å²) in [6, 6.07) is 21.0. The number of aromatic nitrogens is 1. The third-order valence-electron chi connectivity index (χ3n) is 4.11. The number of aryl methyl sites for hydroxylation is 1. The molecule has 0 radical (unpaired) electrons. The first kappa shape index (κ1) is 20.6. The van der Waals surface area contributed by atoms with Crippen molar-refractivity contribution in [2.24, 2.45) is 0 Å². The first-order valence-electron chi connectivity index (χ1n) is 9.01. The summed E-state index contributed by atoms with van der Waals surface area (Å²) in [5.74, 6) is 6.34. The number of halogens is 1. The Morgan fingerprint density at radius 3 is 2.32 bits per heavy atom. The van der Waals surface area contributed by atoms with E-state index < -0.39 is 7.37 Å². The van der Waals surface area contributed by atoms with Crippen molar-refractivity contribution in [1.82, 2.24) is 4.98 Å². The molecular weight excluding hydrogens is 433 g/mol. The van der Waals surface area contributed by atoms with Gasteiger partial charge in [0.25, 0.3) is 7.37 Å². The minimum atomic E-state index is -3.29. The van der Waals surface area contributed by atoms with E-state index in [0.29, 0.717) is 22.7 Å². The molecule has 0 aliphatic heterocycles. The molecule has 142 valence electrons. The fourth-order valence-corrected chi connectivity index (χ4v) is 5.05. The van der Waals surface area contributed by atoms with Gasteiger partial charge in [0.1, 0.15) is 5.44 Å². The van der Waals surface area contributed by atoms with Crippen LogP contribution in [0.15, 0.2) is 66.7 Å². The maximum Gasteiger partial charge on any atom is 0.279 e. The van der Waals surface area contributed by atoms with Gasteiger partial charge in [0.2, 0.25) is 0 Å². The van der Waals surface area contributed by atoms with Crippen molar-refractivity contribution in [2.75, 3.05) is 6.61 Å². The highest BCUT2D eigenvalue weighted by atomic mass is 79.9. The Labute approximate surface area is 174 Å². The molecule has 28 heavy (non-hydrogen) atoms. The van der Waals surface area contributed by atoms with Crippen LogP contribution in [0.25, 0.3) is 0 Å². The van der Waals surface area contributed by atoms with Crippen LogP contribution in [0.3, 0.4) is 0 Å². The summed E-state index contributed by atoms with van der Waals surface area (Å²) >= 11 is 3.45. The van der Waals surface area contributed by atoms with Gasteiger partial charge in [-0.25, -0.2) is 4.98 Å². The summed E-state index contributed by atoms with van der Waals surface area (Å²) in [4.78, 5) is 4.58. The summed E-state index contributed by atoms with van der Waals surface area (Å²) in [5, 5.41) is 1.18. The van der Waals surface area contributed by atoms with Gasteiger partial charge >= 0.3 is 0 Å². The van der Waals surface area contributed by atoms with Crippen molar-refractivity contribution in [1.29, 1.82) is 0 Å². The minimum Gasteiger partial charge on any atom is -0.321 e. The smallest absolute Gasteiger partial charge is 0.279 e. The maximum atomic E-state index is 13.8. The fraction of sp³-hybridized carbons (Fsp3) is 0.174. The zero-order valence-corrected chi connectivity index (χ0v) is 18.3. The lowest BCUT2D eigenvalue weighted by molar-refractivity contribution is 0.347. The Morgan fingerprint density at radius 1 is 1.00 bits per heavy atom. The molecule has 0 N–H and O–H groups in total. The van der Waals surface area contributed by atoms with Crippen LogP contribution in [0.5, 0.6) is 0 Å². The molecule has 1 atom stereocenters. The number of hydrogen-bond donors (Lipinski definition) is 0. The Bertz CT molecular complexity index is 1050. The molecule has 0 aliphatic rings.